The molecule has 8 heteroatoms. The molecular formula is C32H37N3O5. The first-order valence-corrected chi connectivity index (χ1v) is 13.5. The molecule has 3 rings (SSSR count). The topological polar surface area (TPSA) is 139 Å². The zero-order valence-electron chi connectivity index (χ0n) is 22.9. The van der Waals surface area contributed by atoms with E-state index in [1.807, 2.05) is 56.3 Å². The molecule has 3 aromatic carbocycles. The molecule has 3 amide bonds. The van der Waals surface area contributed by atoms with E-state index in [1.165, 1.54) is 0 Å². The van der Waals surface area contributed by atoms with Crippen LogP contribution in [0.3, 0.4) is 0 Å². The summed E-state index contributed by atoms with van der Waals surface area (Å²) in [7, 11) is 0. The van der Waals surface area contributed by atoms with Gasteiger partial charge in [0.1, 0.15) is 12.1 Å². The number of benzene rings is 3. The fourth-order valence-electron chi connectivity index (χ4n) is 4.40. The van der Waals surface area contributed by atoms with Crippen LogP contribution in [0.1, 0.15) is 45.1 Å². The molecule has 0 heterocycles. The number of primary amides is 1. The minimum Gasteiger partial charge on any atom is -0.481 e. The summed E-state index contributed by atoms with van der Waals surface area (Å²) in [6.07, 6.45) is 0.500. The van der Waals surface area contributed by atoms with Crippen molar-refractivity contribution in [1.82, 2.24) is 10.6 Å². The molecule has 210 valence electrons. The number of aryl methyl sites for hydroxylation is 1. The standard InChI is InChI=1S/C32H37N3O5/c1-21(2)20-28(31(33)39)35-32(40)27(17-19-30(37)38)34-29(36)18-10-22-8-11-24(12-9-22)26-15-13-25(14-16-26)23-6-4-3-5-7-23/h3-9,11-16,21,27-28H,10,17-20H2,1-2H3,(H2,33,39)(H,34,36)(H,35,40)(H,37,38)/t27-,28?/m0/s1. The number of amides is 3. The summed E-state index contributed by atoms with van der Waals surface area (Å²) >= 11 is 0. The summed E-state index contributed by atoms with van der Waals surface area (Å²) in [5, 5.41) is 14.3. The fraction of sp³-hybridized carbons (Fsp3) is 0.312. The van der Waals surface area contributed by atoms with Gasteiger partial charge in [0.25, 0.3) is 0 Å². The smallest absolute Gasteiger partial charge is 0.303 e. The van der Waals surface area contributed by atoms with E-state index in [0.717, 1.165) is 27.8 Å². The van der Waals surface area contributed by atoms with Gasteiger partial charge in [-0.25, -0.2) is 0 Å². The molecule has 0 aromatic heterocycles. The molecule has 0 spiro atoms. The van der Waals surface area contributed by atoms with Crippen molar-refractivity contribution < 1.29 is 24.3 Å². The van der Waals surface area contributed by atoms with E-state index in [2.05, 4.69) is 47.0 Å². The van der Waals surface area contributed by atoms with E-state index in [1.54, 1.807) is 0 Å². The number of carboxylic acids is 1. The van der Waals surface area contributed by atoms with E-state index in [0.29, 0.717) is 12.8 Å². The summed E-state index contributed by atoms with van der Waals surface area (Å²) in [5.74, 6) is -2.67. The molecule has 0 bridgehead atoms. The molecule has 0 aliphatic heterocycles. The Bertz CT molecular complexity index is 1290. The largest absolute Gasteiger partial charge is 0.481 e. The third kappa shape index (κ3) is 9.38. The van der Waals surface area contributed by atoms with Crippen molar-refractivity contribution in [2.45, 2.75) is 58.0 Å². The number of hydrogen-bond acceptors (Lipinski definition) is 4. The molecule has 0 aliphatic rings. The summed E-state index contributed by atoms with van der Waals surface area (Å²) in [4.78, 5) is 48.3. The highest BCUT2D eigenvalue weighted by Gasteiger charge is 2.26. The van der Waals surface area contributed by atoms with Gasteiger partial charge in [-0.1, -0.05) is 92.7 Å². The first-order valence-electron chi connectivity index (χ1n) is 13.5. The first-order chi connectivity index (χ1) is 19.1. The van der Waals surface area contributed by atoms with Crippen LogP contribution in [0.5, 0.6) is 0 Å². The molecule has 8 nitrogen and oxygen atoms in total. The van der Waals surface area contributed by atoms with Crippen LogP contribution < -0.4 is 16.4 Å². The third-order valence-electron chi connectivity index (χ3n) is 6.59. The SMILES string of the molecule is CC(C)CC(NC(=O)[C@H](CCC(=O)O)NC(=O)CCc1ccc(-c2ccc(-c3ccccc3)cc2)cc1)C(N)=O. The predicted molar refractivity (Wildman–Crippen MR) is 155 cm³/mol. The van der Waals surface area contributed by atoms with Gasteiger partial charge in [-0.3, -0.25) is 19.2 Å². The number of carbonyl (C=O) groups is 4. The number of carboxylic acid groups (broad SMARTS) is 1. The molecule has 1 unspecified atom stereocenters. The molecular weight excluding hydrogens is 506 g/mol. The fourth-order valence-corrected chi connectivity index (χ4v) is 4.40. The molecule has 0 radical (unpaired) electrons. The summed E-state index contributed by atoms with van der Waals surface area (Å²) in [6, 6.07) is 24.5. The monoisotopic (exact) mass is 543 g/mol. The van der Waals surface area contributed by atoms with E-state index in [9.17, 15) is 19.2 Å². The van der Waals surface area contributed by atoms with Crippen molar-refractivity contribution in [3.63, 3.8) is 0 Å². The van der Waals surface area contributed by atoms with Crippen LogP contribution in [-0.2, 0) is 25.6 Å². The molecule has 0 saturated heterocycles. The van der Waals surface area contributed by atoms with Gasteiger partial charge >= 0.3 is 5.97 Å². The second kappa shape index (κ2) is 14.6. The Morgan fingerprint density at radius 2 is 1.25 bits per heavy atom. The van der Waals surface area contributed by atoms with Gasteiger partial charge < -0.3 is 21.5 Å². The summed E-state index contributed by atoms with van der Waals surface area (Å²) in [6.45, 7) is 3.78. The Kier molecular flexibility index (Phi) is 11.0. The number of aliphatic carboxylic acids is 1. The number of nitrogens with two attached hydrogens (primary N) is 1. The molecule has 0 aliphatic carbocycles. The van der Waals surface area contributed by atoms with Crippen molar-refractivity contribution in [2.75, 3.05) is 0 Å². The van der Waals surface area contributed by atoms with Gasteiger partial charge in [0.2, 0.25) is 17.7 Å². The Morgan fingerprint density at radius 1 is 0.725 bits per heavy atom. The molecule has 2 atom stereocenters. The zero-order valence-corrected chi connectivity index (χ0v) is 22.9. The van der Waals surface area contributed by atoms with Gasteiger partial charge in [-0.05, 0) is 53.0 Å². The van der Waals surface area contributed by atoms with E-state index < -0.39 is 29.9 Å². The summed E-state index contributed by atoms with van der Waals surface area (Å²) < 4.78 is 0. The van der Waals surface area contributed by atoms with Gasteiger partial charge in [0.05, 0.1) is 0 Å². The number of carbonyl (C=O) groups excluding carboxylic acids is 3. The van der Waals surface area contributed by atoms with Crippen LogP contribution in [-0.4, -0.2) is 40.9 Å². The van der Waals surface area contributed by atoms with Crippen molar-refractivity contribution in [2.24, 2.45) is 11.7 Å². The Morgan fingerprint density at radius 3 is 1.75 bits per heavy atom. The Balaban J connectivity index is 1.57. The highest BCUT2D eigenvalue weighted by atomic mass is 16.4. The highest BCUT2D eigenvalue weighted by Crippen LogP contribution is 2.25. The van der Waals surface area contributed by atoms with Gasteiger partial charge in [0.15, 0.2) is 0 Å². The maximum atomic E-state index is 12.8. The van der Waals surface area contributed by atoms with Crippen LogP contribution in [0.25, 0.3) is 22.3 Å². The van der Waals surface area contributed by atoms with Gasteiger partial charge in [-0.15, -0.1) is 0 Å². The molecule has 40 heavy (non-hydrogen) atoms. The number of nitrogens with one attached hydrogen (secondary N) is 2. The molecule has 3 aromatic rings. The summed E-state index contributed by atoms with van der Waals surface area (Å²) in [5.41, 5.74) is 10.8. The molecule has 5 N–H and O–H groups in total. The Hall–Kier alpha value is -4.46. The quantitative estimate of drug-likeness (QED) is 0.240. The Labute approximate surface area is 235 Å². The second-order valence-corrected chi connectivity index (χ2v) is 10.3. The van der Waals surface area contributed by atoms with Crippen molar-refractivity contribution in [1.29, 1.82) is 0 Å². The van der Waals surface area contributed by atoms with Crippen molar-refractivity contribution in [3.05, 3.63) is 84.4 Å². The van der Waals surface area contributed by atoms with E-state index in [-0.39, 0.29) is 31.1 Å². The lowest BCUT2D eigenvalue weighted by Gasteiger charge is -2.22. The van der Waals surface area contributed by atoms with E-state index >= 15 is 0 Å². The average Bonchev–Trinajstić information content (AvgIpc) is 2.94. The normalized spacial score (nSPS) is 12.4. The third-order valence-corrected chi connectivity index (χ3v) is 6.59. The van der Waals surface area contributed by atoms with Crippen molar-refractivity contribution in [3.8, 4) is 22.3 Å². The lowest BCUT2D eigenvalue weighted by atomic mass is 9.99. The number of hydrogen-bond donors (Lipinski definition) is 4. The van der Waals surface area contributed by atoms with Crippen LogP contribution in [0, 0.1) is 5.92 Å². The minimum absolute atomic E-state index is 0.0994. The average molecular weight is 544 g/mol. The lowest BCUT2D eigenvalue weighted by molar-refractivity contribution is -0.138. The zero-order chi connectivity index (χ0) is 29.1. The van der Waals surface area contributed by atoms with Crippen LogP contribution >= 0.6 is 0 Å². The maximum Gasteiger partial charge on any atom is 0.303 e. The molecule has 0 saturated carbocycles. The number of rotatable bonds is 14. The van der Waals surface area contributed by atoms with Crippen LogP contribution in [0.4, 0.5) is 0 Å². The van der Waals surface area contributed by atoms with Crippen LogP contribution in [0.15, 0.2) is 78.9 Å². The second-order valence-electron chi connectivity index (χ2n) is 10.3. The molecule has 0 fully saturated rings. The highest BCUT2D eigenvalue weighted by molar-refractivity contribution is 5.92. The predicted octanol–water partition coefficient (Wildman–Crippen LogP) is 4.32. The van der Waals surface area contributed by atoms with Crippen molar-refractivity contribution >= 4 is 23.7 Å². The van der Waals surface area contributed by atoms with E-state index in [4.69, 9.17) is 10.8 Å². The van der Waals surface area contributed by atoms with Crippen LogP contribution in [0.2, 0.25) is 0 Å². The van der Waals surface area contributed by atoms with Gasteiger partial charge in [0, 0.05) is 12.8 Å². The maximum absolute atomic E-state index is 12.8. The lowest BCUT2D eigenvalue weighted by Crippen LogP contribution is -2.53. The van der Waals surface area contributed by atoms with Gasteiger partial charge in [-0.2, -0.15) is 0 Å². The first kappa shape index (κ1) is 30.1. The minimum atomic E-state index is -1.09.